The molecular weight excluding hydrogens is 273 g/mol. The first kappa shape index (κ1) is 17.5. The van der Waals surface area contributed by atoms with Crippen molar-refractivity contribution < 1.29 is 4.39 Å². The molecule has 20 heavy (non-hydrogen) atoms. The van der Waals surface area contributed by atoms with Crippen LogP contribution in [-0.2, 0) is 0 Å². The first-order chi connectivity index (χ1) is 9.25. The van der Waals surface area contributed by atoms with Gasteiger partial charge in [0.1, 0.15) is 5.82 Å². The zero-order valence-electron chi connectivity index (χ0n) is 13.3. The number of nitrogens with one attached hydrogen (secondary N) is 1. The van der Waals surface area contributed by atoms with Crippen molar-refractivity contribution in [2.75, 3.05) is 6.54 Å². The molecule has 0 aliphatic rings. The molecule has 3 heteroatoms. The number of rotatable bonds is 6. The van der Waals surface area contributed by atoms with E-state index in [0.717, 1.165) is 24.9 Å². The number of benzene rings is 1. The lowest BCUT2D eigenvalue weighted by Gasteiger charge is -2.32. The molecule has 2 atom stereocenters. The van der Waals surface area contributed by atoms with Crippen LogP contribution < -0.4 is 5.32 Å². The van der Waals surface area contributed by atoms with Gasteiger partial charge < -0.3 is 5.32 Å². The zero-order chi connectivity index (χ0) is 15.3. The van der Waals surface area contributed by atoms with Crippen molar-refractivity contribution >= 4 is 11.6 Å². The van der Waals surface area contributed by atoms with Gasteiger partial charge in [-0.25, -0.2) is 4.39 Å². The lowest BCUT2D eigenvalue weighted by molar-refractivity contribution is 0.223. The predicted molar refractivity (Wildman–Crippen MR) is 85.7 cm³/mol. The molecule has 1 aromatic rings. The molecule has 0 aromatic heterocycles. The van der Waals surface area contributed by atoms with E-state index in [1.54, 1.807) is 12.1 Å². The monoisotopic (exact) mass is 299 g/mol. The van der Waals surface area contributed by atoms with Gasteiger partial charge in [-0.1, -0.05) is 46.2 Å². The molecule has 1 rings (SSSR count). The van der Waals surface area contributed by atoms with Gasteiger partial charge in [0.15, 0.2) is 0 Å². The van der Waals surface area contributed by atoms with Gasteiger partial charge in [-0.3, -0.25) is 0 Å². The van der Waals surface area contributed by atoms with Crippen LogP contribution >= 0.6 is 11.6 Å². The molecule has 0 amide bonds. The van der Waals surface area contributed by atoms with E-state index in [1.165, 1.54) is 6.07 Å². The third-order valence-corrected chi connectivity index (χ3v) is 4.39. The molecule has 2 unspecified atom stereocenters. The molecule has 0 heterocycles. The number of hydrogen-bond donors (Lipinski definition) is 1. The first-order valence-corrected chi connectivity index (χ1v) is 7.81. The minimum atomic E-state index is -0.226. The smallest absolute Gasteiger partial charge is 0.123 e. The molecule has 0 fully saturated rings. The van der Waals surface area contributed by atoms with Crippen molar-refractivity contribution in [3.8, 4) is 0 Å². The van der Waals surface area contributed by atoms with Crippen LogP contribution in [0, 0.1) is 17.2 Å². The fourth-order valence-electron chi connectivity index (χ4n) is 2.13. The highest BCUT2D eigenvalue weighted by Crippen LogP contribution is 2.35. The second-order valence-corrected chi connectivity index (χ2v) is 7.08. The largest absolute Gasteiger partial charge is 0.310 e. The highest BCUT2D eigenvalue weighted by Gasteiger charge is 2.25. The van der Waals surface area contributed by atoms with Crippen molar-refractivity contribution in [3.63, 3.8) is 0 Å². The summed E-state index contributed by atoms with van der Waals surface area (Å²) in [6.45, 7) is 12.0. The lowest BCUT2D eigenvalue weighted by atomic mass is 9.77. The topological polar surface area (TPSA) is 12.0 Å². The summed E-state index contributed by atoms with van der Waals surface area (Å²) in [7, 11) is 0. The van der Waals surface area contributed by atoms with Gasteiger partial charge in [0.25, 0.3) is 0 Å². The van der Waals surface area contributed by atoms with Crippen LogP contribution in [-0.4, -0.2) is 6.54 Å². The number of halogens is 2. The highest BCUT2D eigenvalue weighted by molar-refractivity contribution is 6.31. The van der Waals surface area contributed by atoms with Crippen LogP contribution in [0.15, 0.2) is 18.2 Å². The number of hydrogen-bond acceptors (Lipinski definition) is 1. The van der Waals surface area contributed by atoms with Crippen molar-refractivity contribution in [1.82, 2.24) is 5.32 Å². The van der Waals surface area contributed by atoms with Gasteiger partial charge in [-0.2, -0.15) is 0 Å². The third-order valence-electron chi connectivity index (χ3n) is 4.04. The molecule has 0 aliphatic carbocycles. The van der Waals surface area contributed by atoms with Crippen molar-refractivity contribution in [2.45, 2.75) is 53.5 Å². The van der Waals surface area contributed by atoms with Gasteiger partial charge in [-0.15, -0.1) is 0 Å². The maximum Gasteiger partial charge on any atom is 0.123 e. The van der Waals surface area contributed by atoms with Crippen LogP contribution in [0.1, 0.15) is 59.1 Å². The lowest BCUT2D eigenvalue weighted by Crippen LogP contribution is -2.28. The summed E-state index contributed by atoms with van der Waals surface area (Å²) >= 11 is 6.26. The van der Waals surface area contributed by atoms with E-state index >= 15 is 0 Å². The first-order valence-electron chi connectivity index (χ1n) is 7.44. The highest BCUT2D eigenvalue weighted by atomic mass is 35.5. The van der Waals surface area contributed by atoms with E-state index in [-0.39, 0.29) is 17.3 Å². The van der Waals surface area contributed by atoms with E-state index in [4.69, 9.17) is 11.6 Å². The van der Waals surface area contributed by atoms with Crippen molar-refractivity contribution in [2.24, 2.45) is 11.3 Å². The fourth-order valence-corrected chi connectivity index (χ4v) is 2.38. The minimum absolute atomic E-state index is 0.104. The molecule has 0 saturated heterocycles. The van der Waals surface area contributed by atoms with Crippen LogP contribution in [0.25, 0.3) is 0 Å². The van der Waals surface area contributed by atoms with E-state index in [1.807, 2.05) is 0 Å². The van der Waals surface area contributed by atoms with Gasteiger partial charge in [0.05, 0.1) is 0 Å². The normalized spacial score (nSPS) is 15.2. The Bertz CT molecular complexity index is 425. The van der Waals surface area contributed by atoms with Gasteiger partial charge >= 0.3 is 0 Å². The van der Waals surface area contributed by atoms with E-state index < -0.39 is 0 Å². The van der Waals surface area contributed by atoms with E-state index in [9.17, 15) is 4.39 Å². The zero-order valence-corrected chi connectivity index (χ0v) is 14.0. The summed E-state index contributed by atoms with van der Waals surface area (Å²) in [4.78, 5) is 0. The molecule has 0 saturated carbocycles. The average molecular weight is 300 g/mol. The predicted octanol–water partition coefficient (Wildman–Crippen LogP) is 5.59. The molecule has 1 aromatic carbocycles. The standard InChI is InChI=1S/C17H27ClFN/c1-6-9-20-16(10-12(2)17(3,4)5)14-11-13(19)7-8-15(14)18/h7-8,11-12,16,20H,6,9-10H2,1-5H3. The maximum atomic E-state index is 13.5. The Hall–Kier alpha value is -0.600. The second-order valence-electron chi connectivity index (χ2n) is 6.68. The van der Waals surface area contributed by atoms with E-state index in [2.05, 4.69) is 39.9 Å². The summed E-state index contributed by atoms with van der Waals surface area (Å²) in [5, 5.41) is 4.15. The third kappa shape index (κ3) is 5.06. The van der Waals surface area contributed by atoms with E-state index in [0.29, 0.717) is 10.9 Å². The van der Waals surface area contributed by atoms with Crippen molar-refractivity contribution in [3.05, 3.63) is 34.6 Å². The molecule has 114 valence electrons. The summed E-state index contributed by atoms with van der Waals surface area (Å²) in [6, 6.07) is 4.72. The molecule has 0 bridgehead atoms. The van der Waals surface area contributed by atoms with Crippen LogP contribution in [0.2, 0.25) is 5.02 Å². The van der Waals surface area contributed by atoms with Crippen LogP contribution in [0.5, 0.6) is 0 Å². The maximum absolute atomic E-state index is 13.5. The summed E-state index contributed by atoms with van der Waals surface area (Å²) < 4.78 is 13.5. The van der Waals surface area contributed by atoms with Gasteiger partial charge in [0.2, 0.25) is 0 Å². The molecular formula is C17H27ClFN. The summed E-state index contributed by atoms with van der Waals surface area (Å²) in [5.41, 5.74) is 1.10. The second kappa shape index (κ2) is 7.42. The Morgan fingerprint density at radius 3 is 2.50 bits per heavy atom. The SMILES string of the molecule is CCCNC(CC(C)C(C)(C)C)c1cc(F)ccc1Cl. The Kier molecular flexibility index (Phi) is 6.47. The van der Waals surface area contributed by atoms with Gasteiger partial charge in [-0.05, 0) is 54.5 Å². The molecule has 0 aliphatic heterocycles. The molecule has 0 radical (unpaired) electrons. The fraction of sp³-hybridized carbons (Fsp3) is 0.647. The van der Waals surface area contributed by atoms with Crippen LogP contribution in [0.3, 0.4) is 0 Å². The van der Waals surface area contributed by atoms with Crippen LogP contribution in [0.4, 0.5) is 4.39 Å². The Balaban J connectivity index is 2.96. The average Bonchev–Trinajstić information content (AvgIpc) is 2.36. The Morgan fingerprint density at radius 2 is 1.95 bits per heavy atom. The van der Waals surface area contributed by atoms with Gasteiger partial charge in [0, 0.05) is 11.1 Å². The van der Waals surface area contributed by atoms with Crippen molar-refractivity contribution in [1.29, 1.82) is 0 Å². The molecule has 0 spiro atoms. The Labute approximate surface area is 127 Å². The summed E-state index contributed by atoms with van der Waals surface area (Å²) in [6.07, 6.45) is 2.00. The quantitative estimate of drug-likeness (QED) is 0.722. The Morgan fingerprint density at radius 1 is 1.30 bits per heavy atom. The minimum Gasteiger partial charge on any atom is -0.310 e. The molecule has 1 N–H and O–H groups in total. The summed E-state index contributed by atoms with van der Waals surface area (Å²) in [5.74, 6) is 0.285. The molecule has 1 nitrogen and oxygen atoms in total.